The summed E-state index contributed by atoms with van der Waals surface area (Å²) in [4.78, 5) is 32.6. The number of aliphatic hydroxyl groups excluding tert-OH is 1. The van der Waals surface area contributed by atoms with Gasteiger partial charge in [-0.1, -0.05) is 24.8 Å². The topological polar surface area (TPSA) is 82.5 Å². The van der Waals surface area contributed by atoms with Gasteiger partial charge in [0.25, 0.3) is 11.7 Å². The lowest BCUT2D eigenvalue weighted by atomic mass is 9.94. The lowest BCUT2D eigenvalue weighted by Gasteiger charge is -2.29. The number of hydrogen-bond acceptors (Lipinski definition) is 7. The summed E-state index contributed by atoms with van der Waals surface area (Å²) < 4.78 is 11.1. The van der Waals surface area contributed by atoms with Gasteiger partial charge in [0, 0.05) is 51.5 Å². The third-order valence-corrected chi connectivity index (χ3v) is 7.05. The largest absolute Gasteiger partial charge is 0.507 e. The van der Waals surface area contributed by atoms with Crippen molar-refractivity contribution < 1.29 is 24.2 Å². The highest BCUT2D eigenvalue weighted by Crippen LogP contribution is 2.40. The number of aryl methyl sites for hydroxylation is 1. The van der Waals surface area contributed by atoms with Crippen LogP contribution in [0.5, 0.6) is 5.75 Å². The number of likely N-dealkylation sites (tertiary alicyclic amines) is 1. The number of aliphatic hydroxyl groups is 1. The van der Waals surface area contributed by atoms with Gasteiger partial charge in [0.2, 0.25) is 0 Å². The lowest BCUT2D eigenvalue weighted by molar-refractivity contribution is -0.140. The van der Waals surface area contributed by atoms with Gasteiger partial charge in [-0.25, -0.2) is 0 Å². The van der Waals surface area contributed by atoms with Gasteiger partial charge >= 0.3 is 0 Å². The maximum absolute atomic E-state index is 13.4. The summed E-state index contributed by atoms with van der Waals surface area (Å²) in [6.07, 6.45) is 2.38. The van der Waals surface area contributed by atoms with E-state index in [9.17, 15) is 14.7 Å². The van der Waals surface area contributed by atoms with Crippen LogP contribution < -0.4 is 9.64 Å². The summed E-state index contributed by atoms with van der Waals surface area (Å²) in [5.41, 5.74) is 3.17. The zero-order valence-electron chi connectivity index (χ0n) is 22.5. The fourth-order valence-electron chi connectivity index (χ4n) is 4.96. The first-order valence-electron chi connectivity index (χ1n) is 13.0. The number of morpholine rings is 1. The molecule has 0 saturated carbocycles. The van der Waals surface area contributed by atoms with Gasteiger partial charge < -0.3 is 24.4 Å². The highest BCUT2D eigenvalue weighted by Gasteiger charge is 2.45. The molecule has 2 heterocycles. The number of benzene rings is 2. The number of ketones is 1. The number of carbonyl (C=O) groups is 2. The Hall–Kier alpha value is -3.62. The number of hydrogen-bond donors (Lipinski definition) is 1. The van der Waals surface area contributed by atoms with Crippen molar-refractivity contribution in [3.8, 4) is 5.75 Å². The number of rotatable bonds is 10. The van der Waals surface area contributed by atoms with Crippen molar-refractivity contribution in [1.82, 2.24) is 9.80 Å². The molecule has 2 saturated heterocycles. The fraction of sp³-hybridized carbons (Fsp3) is 0.400. The minimum Gasteiger partial charge on any atom is -0.507 e. The zero-order chi connectivity index (χ0) is 27.2. The minimum absolute atomic E-state index is 0.109. The molecule has 0 spiro atoms. The van der Waals surface area contributed by atoms with E-state index < -0.39 is 17.7 Å². The molecule has 0 unspecified atom stereocenters. The van der Waals surface area contributed by atoms with Crippen LogP contribution in [0.3, 0.4) is 0 Å². The predicted molar refractivity (Wildman–Crippen MR) is 149 cm³/mol. The molecule has 38 heavy (non-hydrogen) atoms. The minimum atomic E-state index is -0.673. The Kier molecular flexibility index (Phi) is 8.86. The lowest BCUT2D eigenvalue weighted by Crippen LogP contribution is -2.38. The molecule has 1 atom stereocenters. The standard InChI is InChI=1S/C30H37N3O5/c1-5-17-38-25-12-9-23(20-21(25)2)28(34)26-27(22-7-10-24(11-8-22)31(3)4)33(30(36)29(26)35)14-6-13-32-15-18-37-19-16-32/h5,7-12,20,27,34H,1,6,13-19H2,2-4H3/t27-/m1/s1. The van der Waals surface area contributed by atoms with Crippen LogP contribution in [0.25, 0.3) is 5.76 Å². The molecule has 0 radical (unpaired) electrons. The Morgan fingerprint density at radius 2 is 1.84 bits per heavy atom. The van der Waals surface area contributed by atoms with Crippen molar-refractivity contribution >= 4 is 23.1 Å². The molecule has 4 rings (SSSR count). The molecule has 2 aliphatic rings. The van der Waals surface area contributed by atoms with Crippen LogP contribution in [0.2, 0.25) is 0 Å². The Morgan fingerprint density at radius 1 is 1.13 bits per heavy atom. The van der Waals surface area contributed by atoms with Crippen molar-refractivity contribution in [1.29, 1.82) is 0 Å². The Morgan fingerprint density at radius 3 is 2.47 bits per heavy atom. The first-order chi connectivity index (χ1) is 18.3. The molecule has 2 aromatic carbocycles. The maximum Gasteiger partial charge on any atom is 0.295 e. The Bertz CT molecular complexity index is 1200. The van der Waals surface area contributed by atoms with E-state index in [4.69, 9.17) is 9.47 Å². The van der Waals surface area contributed by atoms with Crippen LogP contribution in [-0.4, -0.2) is 86.7 Å². The molecule has 0 aromatic heterocycles. The van der Waals surface area contributed by atoms with E-state index in [1.807, 2.05) is 50.2 Å². The molecule has 8 nitrogen and oxygen atoms in total. The van der Waals surface area contributed by atoms with Gasteiger partial charge in [-0.15, -0.1) is 0 Å². The summed E-state index contributed by atoms with van der Waals surface area (Å²) in [6, 6.07) is 12.3. The molecule has 2 aromatic rings. The van der Waals surface area contributed by atoms with Crippen molar-refractivity contribution in [3.63, 3.8) is 0 Å². The van der Waals surface area contributed by atoms with Crippen molar-refractivity contribution in [3.05, 3.63) is 77.4 Å². The number of ether oxygens (including phenoxy) is 2. The molecule has 202 valence electrons. The van der Waals surface area contributed by atoms with Gasteiger partial charge in [0.1, 0.15) is 18.1 Å². The second-order valence-corrected chi connectivity index (χ2v) is 9.87. The normalized spacial score (nSPS) is 19.6. The first kappa shape index (κ1) is 27.4. The first-order valence-corrected chi connectivity index (χ1v) is 13.0. The average Bonchev–Trinajstić information content (AvgIpc) is 3.17. The molecule has 2 fully saturated rings. The smallest absolute Gasteiger partial charge is 0.295 e. The molecule has 1 N–H and O–H groups in total. The SMILES string of the molecule is C=CCOc1ccc(C(O)=C2C(=O)C(=O)N(CCCN3CCOCC3)[C@@H]2c2ccc(N(C)C)cc2)cc1C. The van der Waals surface area contributed by atoms with Gasteiger partial charge in [-0.3, -0.25) is 14.5 Å². The van der Waals surface area contributed by atoms with E-state index in [1.165, 1.54) is 0 Å². The highest BCUT2D eigenvalue weighted by molar-refractivity contribution is 6.46. The molecular weight excluding hydrogens is 482 g/mol. The Balaban J connectivity index is 1.68. The van der Waals surface area contributed by atoms with Gasteiger partial charge in [-0.2, -0.15) is 0 Å². The van der Waals surface area contributed by atoms with Crippen LogP contribution in [-0.2, 0) is 14.3 Å². The van der Waals surface area contributed by atoms with E-state index in [0.717, 1.165) is 36.4 Å². The molecule has 2 aliphatic heterocycles. The molecule has 8 heteroatoms. The van der Waals surface area contributed by atoms with Crippen molar-refractivity contribution in [2.45, 2.75) is 19.4 Å². The van der Waals surface area contributed by atoms with Crippen LogP contribution >= 0.6 is 0 Å². The van der Waals surface area contributed by atoms with Gasteiger partial charge in [0.05, 0.1) is 24.8 Å². The third kappa shape index (κ3) is 5.92. The molecule has 0 bridgehead atoms. The average molecular weight is 520 g/mol. The van der Waals surface area contributed by atoms with Crippen molar-refractivity contribution in [2.24, 2.45) is 0 Å². The van der Waals surface area contributed by atoms with Gasteiger partial charge in [-0.05, 0) is 54.8 Å². The van der Waals surface area contributed by atoms with Gasteiger partial charge in [0.15, 0.2) is 0 Å². The van der Waals surface area contributed by atoms with Crippen LogP contribution in [0.4, 0.5) is 5.69 Å². The Labute approximate surface area is 224 Å². The van der Waals surface area contributed by atoms with E-state index in [1.54, 1.807) is 29.2 Å². The van der Waals surface area contributed by atoms with E-state index >= 15 is 0 Å². The van der Waals surface area contributed by atoms with Crippen LogP contribution in [0.15, 0.2) is 60.7 Å². The summed E-state index contributed by atoms with van der Waals surface area (Å²) in [7, 11) is 3.91. The molecule has 1 amide bonds. The van der Waals surface area contributed by atoms with E-state index in [0.29, 0.717) is 44.1 Å². The van der Waals surface area contributed by atoms with Crippen molar-refractivity contribution in [2.75, 3.05) is 65.0 Å². The number of Topliss-reactive ketones (excluding diaryl/α,β-unsaturated/α-hetero) is 1. The van der Waals surface area contributed by atoms with E-state index in [-0.39, 0.29) is 11.3 Å². The number of amides is 1. The molecule has 0 aliphatic carbocycles. The second-order valence-electron chi connectivity index (χ2n) is 9.87. The fourth-order valence-corrected chi connectivity index (χ4v) is 4.96. The van der Waals surface area contributed by atoms with E-state index in [2.05, 4.69) is 11.5 Å². The van der Waals surface area contributed by atoms with Crippen LogP contribution in [0.1, 0.15) is 29.2 Å². The highest BCUT2D eigenvalue weighted by atomic mass is 16.5. The monoisotopic (exact) mass is 519 g/mol. The third-order valence-electron chi connectivity index (χ3n) is 7.05. The quantitative estimate of drug-likeness (QED) is 0.221. The summed E-state index contributed by atoms with van der Waals surface area (Å²) >= 11 is 0. The molecular formula is C30H37N3O5. The number of carbonyl (C=O) groups excluding carboxylic acids is 2. The number of nitrogens with zero attached hydrogens (tertiary/aromatic N) is 3. The zero-order valence-corrected chi connectivity index (χ0v) is 22.5. The predicted octanol–water partition coefficient (Wildman–Crippen LogP) is 3.77. The maximum atomic E-state index is 13.4. The summed E-state index contributed by atoms with van der Waals surface area (Å²) in [5.74, 6) is -0.766. The second kappa shape index (κ2) is 12.3. The number of anilines is 1. The summed E-state index contributed by atoms with van der Waals surface area (Å²) in [5, 5.41) is 11.4. The van der Waals surface area contributed by atoms with Crippen LogP contribution in [0, 0.1) is 6.92 Å². The summed E-state index contributed by atoms with van der Waals surface area (Å²) in [6.45, 7) is 10.3.